The summed E-state index contributed by atoms with van der Waals surface area (Å²) in [6, 6.07) is 0. The maximum absolute atomic E-state index is 12.7. The molecule has 1 N–H and O–H groups in total. The lowest BCUT2D eigenvalue weighted by molar-refractivity contribution is -0.192. The number of aliphatic carboxylic acids is 1. The number of alkyl halides is 3. The molecule has 0 aromatic carbocycles. The van der Waals surface area contributed by atoms with Gasteiger partial charge in [-0.05, 0) is 25.7 Å². The minimum Gasteiger partial charge on any atom is -0.475 e. The predicted molar refractivity (Wildman–Crippen MR) is 101 cm³/mol. The van der Waals surface area contributed by atoms with Crippen molar-refractivity contribution >= 4 is 23.2 Å². The van der Waals surface area contributed by atoms with Gasteiger partial charge in [0.1, 0.15) is 0 Å². The second kappa shape index (κ2) is 8.99. The molecule has 2 aliphatic heterocycles. The molecule has 1 saturated carbocycles. The Morgan fingerprint density at radius 2 is 1.93 bits per heavy atom. The molecule has 4 rings (SSSR count). The molecule has 0 unspecified atom stereocenters. The highest BCUT2D eigenvalue weighted by molar-refractivity contribution is 7.09. The zero-order valence-electron chi connectivity index (χ0n) is 16.3. The Balaban J connectivity index is 0.000000298. The highest BCUT2D eigenvalue weighted by Crippen LogP contribution is 2.35. The first-order chi connectivity index (χ1) is 13.6. The van der Waals surface area contributed by atoms with Crippen LogP contribution in [0.1, 0.15) is 36.4 Å². The van der Waals surface area contributed by atoms with E-state index in [0.717, 1.165) is 36.3 Å². The highest BCUT2D eigenvalue weighted by Gasteiger charge is 2.46. The average molecular weight is 433 g/mol. The Hall–Kier alpha value is -1.68. The molecule has 2 atom stereocenters. The van der Waals surface area contributed by atoms with Gasteiger partial charge in [-0.1, -0.05) is 12.8 Å². The van der Waals surface area contributed by atoms with E-state index in [4.69, 9.17) is 9.90 Å². The number of carboxylic acids is 1. The van der Waals surface area contributed by atoms with Crippen LogP contribution in [0.3, 0.4) is 0 Å². The largest absolute Gasteiger partial charge is 0.490 e. The van der Waals surface area contributed by atoms with Gasteiger partial charge >= 0.3 is 12.1 Å². The lowest BCUT2D eigenvalue weighted by atomic mass is 10.0. The monoisotopic (exact) mass is 433 g/mol. The summed E-state index contributed by atoms with van der Waals surface area (Å²) in [6.45, 7) is 7.01. The molecule has 1 aromatic heterocycles. The summed E-state index contributed by atoms with van der Waals surface area (Å²) >= 11 is 1.67. The fraction of sp³-hybridized carbons (Fsp3) is 0.737. The van der Waals surface area contributed by atoms with Crippen LogP contribution in [0.4, 0.5) is 13.2 Å². The van der Waals surface area contributed by atoms with Gasteiger partial charge in [0.05, 0.1) is 23.2 Å². The van der Waals surface area contributed by atoms with Gasteiger partial charge in [0.25, 0.3) is 0 Å². The number of likely N-dealkylation sites (tertiary alicyclic amines) is 2. The van der Waals surface area contributed by atoms with E-state index >= 15 is 0 Å². The Morgan fingerprint density at radius 1 is 1.28 bits per heavy atom. The second-order valence-corrected chi connectivity index (χ2v) is 9.18. The standard InChI is InChI=1S/C17H25N3OS.C2HF3O2/c1-12-18-15(11-22-12)9-20-8-14-7-19(10-16(14)17(20)21)6-13-4-2-3-5-13;3-2(4,5)1(6)7/h11,13-14,16H,2-10H2,1H3;(H,6,7)/t14-,16-;/m0./s1. The Bertz CT molecular complexity index is 734. The number of carbonyl (C=O) groups excluding carboxylic acids is 1. The summed E-state index contributed by atoms with van der Waals surface area (Å²) in [5.74, 6) is -0.699. The number of nitrogens with zero attached hydrogens (tertiary/aromatic N) is 3. The van der Waals surface area contributed by atoms with Crippen molar-refractivity contribution in [3.63, 3.8) is 0 Å². The molecule has 2 saturated heterocycles. The fourth-order valence-corrected chi connectivity index (χ4v) is 5.16. The molecular formula is C19H26F3N3O3S. The molecule has 0 bridgehead atoms. The van der Waals surface area contributed by atoms with Crippen molar-refractivity contribution in [3.8, 4) is 0 Å². The predicted octanol–water partition coefficient (Wildman–Crippen LogP) is 3.17. The number of carbonyl (C=O) groups is 2. The van der Waals surface area contributed by atoms with E-state index in [-0.39, 0.29) is 5.92 Å². The van der Waals surface area contributed by atoms with E-state index in [0.29, 0.717) is 18.4 Å². The van der Waals surface area contributed by atoms with E-state index in [2.05, 4.69) is 15.3 Å². The third kappa shape index (κ3) is 5.69. The number of amides is 1. The van der Waals surface area contributed by atoms with Gasteiger partial charge in [0.2, 0.25) is 5.91 Å². The molecule has 3 aliphatic rings. The summed E-state index contributed by atoms with van der Waals surface area (Å²) in [4.78, 5) is 30.7. The third-order valence-corrected chi connectivity index (χ3v) is 6.68. The lowest BCUT2D eigenvalue weighted by Crippen LogP contribution is -2.34. The average Bonchev–Trinajstić information content (AvgIpc) is 3.39. The number of thiazole rings is 1. The maximum Gasteiger partial charge on any atom is 0.490 e. The first kappa shape index (κ1) is 22.0. The Morgan fingerprint density at radius 3 is 2.45 bits per heavy atom. The Labute approximate surface area is 171 Å². The third-order valence-electron chi connectivity index (χ3n) is 5.85. The first-order valence-corrected chi connectivity index (χ1v) is 10.7. The van der Waals surface area contributed by atoms with E-state index in [1.807, 2.05) is 11.8 Å². The van der Waals surface area contributed by atoms with Crippen molar-refractivity contribution in [2.45, 2.75) is 45.3 Å². The number of fused-ring (bicyclic) bond motifs is 1. The Kier molecular flexibility index (Phi) is 6.83. The number of rotatable bonds is 4. The van der Waals surface area contributed by atoms with Crippen molar-refractivity contribution < 1.29 is 27.9 Å². The molecule has 1 amide bonds. The number of hydrogen-bond acceptors (Lipinski definition) is 5. The lowest BCUT2D eigenvalue weighted by Gasteiger charge is -2.23. The molecule has 10 heteroatoms. The second-order valence-electron chi connectivity index (χ2n) is 8.12. The minimum atomic E-state index is -5.08. The van der Waals surface area contributed by atoms with Crippen molar-refractivity contribution in [2.75, 3.05) is 26.2 Å². The van der Waals surface area contributed by atoms with Gasteiger partial charge in [-0.2, -0.15) is 13.2 Å². The SMILES string of the molecule is Cc1nc(CN2C[C@@H]3CN(CC4CCCC4)C[C@@H]3C2=O)cs1.O=C(O)C(F)(F)F. The van der Waals surface area contributed by atoms with Crippen molar-refractivity contribution in [1.29, 1.82) is 0 Å². The van der Waals surface area contributed by atoms with Crippen LogP contribution in [-0.4, -0.2) is 64.1 Å². The van der Waals surface area contributed by atoms with E-state index in [1.165, 1.54) is 32.2 Å². The molecule has 0 spiro atoms. The smallest absolute Gasteiger partial charge is 0.475 e. The number of aryl methyl sites for hydroxylation is 1. The van der Waals surface area contributed by atoms with Crippen molar-refractivity contribution in [3.05, 3.63) is 16.1 Å². The molecule has 1 aromatic rings. The van der Waals surface area contributed by atoms with Crippen LogP contribution in [-0.2, 0) is 16.1 Å². The van der Waals surface area contributed by atoms with Gasteiger partial charge in [0.15, 0.2) is 0 Å². The molecular weight excluding hydrogens is 407 g/mol. The normalized spacial score (nSPS) is 25.2. The molecule has 162 valence electrons. The number of carboxylic acid groups (broad SMARTS) is 1. The topological polar surface area (TPSA) is 73.7 Å². The van der Waals surface area contributed by atoms with Crippen LogP contribution in [0, 0.1) is 24.7 Å². The van der Waals surface area contributed by atoms with E-state index < -0.39 is 12.1 Å². The van der Waals surface area contributed by atoms with Gasteiger partial charge in [-0.15, -0.1) is 11.3 Å². The fourth-order valence-electron chi connectivity index (χ4n) is 4.56. The number of halogens is 3. The number of hydrogen-bond donors (Lipinski definition) is 1. The molecule has 1 aliphatic carbocycles. The van der Waals surface area contributed by atoms with Crippen molar-refractivity contribution in [1.82, 2.24) is 14.8 Å². The summed E-state index contributed by atoms with van der Waals surface area (Å²) in [5.41, 5.74) is 1.05. The quantitative estimate of drug-likeness (QED) is 0.790. The van der Waals surface area contributed by atoms with Gasteiger partial charge < -0.3 is 14.9 Å². The van der Waals surface area contributed by atoms with Gasteiger partial charge in [-0.25, -0.2) is 9.78 Å². The summed E-state index contributed by atoms with van der Waals surface area (Å²) < 4.78 is 31.7. The van der Waals surface area contributed by atoms with Crippen molar-refractivity contribution in [2.24, 2.45) is 17.8 Å². The van der Waals surface area contributed by atoms with E-state index in [1.54, 1.807) is 11.3 Å². The molecule has 3 heterocycles. The summed E-state index contributed by atoms with van der Waals surface area (Å²) in [6.07, 6.45) is 0.528. The van der Waals surface area contributed by atoms with Gasteiger partial charge in [-0.3, -0.25) is 4.79 Å². The molecule has 0 radical (unpaired) electrons. The highest BCUT2D eigenvalue weighted by atomic mass is 32.1. The summed E-state index contributed by atoms with van der Waals surface area (Å²) in [7, 11) is 0. The minimum absolute atomic E-state index is 0.251. The molecule has 3 fully saturated rings. The summed E-state index contributed by atoms with van der Waals surface area (Å²) in [5, 5.41) is 10.3. The molecule has 6 nitrogen and oxygen atoms in total. The zero-order chi connectivity index (χ0) is 21.2. The van der Waals surface area contributed by atoms with Crippen LogP contribution in [0.15, 0.2) is 5.38 Å². The first-order valence-electron chi connectivity index (χ1n) is 9.85. The zero-order valence-corrected chi connectivity index (χ0v) is 17.1. The van der Waals surface area contributed by atoms with Crippen LogP contribution in [0.2, 0.25) is 0 Å². The van der Waals surface area contributed by atoms with Crippen LogP contribution < -0.4 is 0 Å². The van der Waals surface area contributed by atoms with Crippen LogP contribution in [0.5, 0.6) is 0 Å². The van der Waals surface area contributed by atoms with Crippen LogP contribution >= 0.6 is 11.3 Å². The molecule has 29 heavy (non-hydrogen) atoms. The van der Waals surface area contributed by atoms with Gasteiger partial charge in [0, 0.05) is 37.5 Å². The number of aromatic nitrogens is 1. The van der Waals surface area contributed by atoms with Crippen LogP contribution in [0.25, 0.3) is 0 Å². The van der Waals surface area contributed by atoms with E-state index in [9.17, 15) is 18.0 Å². The maximum atomic E-state index is 12.7.